The minimum atomic E-state index is -4.05. The summed E-state index contributed by atoms with van der Waals surface area (Å²) < 4.78 is 65.1. The third kappa shape index (κ3) is 6.50. The van der Waals surface area contributed by atoms with Gasteiger partial charge in [0.05, 0.1) is 51.0 Å². The Morgan fingerprint density at radius 2 is 1.91 bits per heavy atom. The van der Waals surface area contributed by atoms with Gasteiger partial charge in [0.25, 0.3) is 5.91 Å². The highest BCUT2D eigenvalue weighted by Crippen LogP contribution is 2.38. The van der Waals surface area contributed by atoms with Gasteiger partial charge < -0.3 is 15.5 Å². The van der Waals surface area contributed by atoms with E-state index in [1.807, 2.05) is 6.07 Å². The van der Waals surface area contributed by atoms with Crippen molar-refractivity contribution in [3.63, 3.8) is 0 Å². The van der Waals surface area contributed by atoms with Crippen molar-refractivity contribution in [3.8, 4) is 11.4 Å². The Labute approximate surface area is 252 Å². The van der Waals surface area contributed by atoms with Crippen LogP contribution in [0.5, 0.6) is 0 Å². The first-order chi connectivity index (χ1) is 21.0. The van der Waals surface area contributed by atoms with Gasteiger partial charge in [0.2, 0.25) is 6.43 Å². The number of aromatic nitrogens is 4. The van der Waals surface area contributed by atoms with Crippen molar-refractivity contribution in [3.05, 3.63) is 71.6 Å². The number of nitrogens with one attached hydrogen (secondary N) is 2. The number of hydrogen-bond donors (Lipinski definition) is 2. The molecule has 14 heteroatoms. The van der Waals surface area contributed by atoms with E-state index in [-0.39, 0.29) is 28.2 Å². The van der Waals surface area contributed by atoms with Gasteiger partial charge >= 0.3 is 0 Å². The number of piperazine rings is 1. The highest BCUT2D eigenvalue weighted by molar-refractivity contribution is 7.91. The molecule has 2 fully saturated rings. The SMILES string of the molecule is Cc1ncc(C(=O)NCc2cc3nc(-c4cc(F)cc(N5CCNC6(CC6)C5)n4)ccc3cn2)cc1S(=O)(=O)CCC(F)F. The molecule has 2 aliphatic rings. The summed E-state index contributed by atoms with van der Waals surface area (Å²) in [5, 5.41) is 6.96. The van der Waals surface area contributed by atoms with Crippen molar-refractivity contribution < 1.29 is 26.4 Å². The summed E-state index contributed by atoms with van der Waals surface area (Å²) in [5.74, 6) is -1.19. The summed E-state index contributed by atoms with van der Waals surface area (Å²) >= 11 is 0. The zero-order valence-corrected chi connectivity index (χ0v) is 24.7. The van der Waals surface area contributed by atoms with Crippen LogP contribution in [0, 0.1) is 12.7 Å². The van der Waals surface area contributed by atoms with Crippen LogP contribution in [0.25, 0.3) is 22.3 Å². The van der Waals surface area contributed by atoms with Gasteiger partial charge in [0, 0.05) is 61.5 Å². The highest BCUT2D eigenvalue weighted by Gasteiger charge is 2.45. The van der Waals surface area contributed by atoms with Gasteiger partial charge in [-0.2, -0.15) is 0 Å². The Bertz CT molecular complexity index is 1850. The fourth-order valence-electron chi connectivity index (χ4n) is 5.29. The van der Waals surface area contributed by atoms with E-state index in [4.69, 9.17) is 9.97 Å². The van der Waals surface area contributed by atoms with Gasteiger partial charge in [0.15, 0.2) is 9.84 Å². The molecule has 2 N–H and O–H groups in total. The third-order valence-corrected chi connectivity index (χ3v) is 9.75. The second kappa shape index (κ2) is 11.7. The largest absolute Gasteiger partial charge is 0.353 e. The van der Waals surface area contributed by atoms with Crippen LogP contribution in [0.2, 0.25) is 0 Å². The topological polar surface area (TPSA) is 130 Å². The van der Waals surface area contributed by atoms with Crippen LogP contribution in [0.4, 0.5) is 19.0 Å². The van der Waals surface area contributed by atoms with Gasteiger partial charge in [0.1, 0.15) is 11.6 Å². The maximum Gasteiger partial charge on any atom is 0.253 e. The van der Waals surface area contributed by atoms with Gasteiger partial charge in [-0.05, 0) is 44.0 Å². The van der Waals surface area contributed by atoms with Crippen LogP contribution in [0.15, 0.2) is 53.7 Å². The number of halogens is 3. The quantitative estimate of drug-likeness (QED) is 0.285. The zero-order chi connectivity index (χ0) is 31.1. The molecule has 0 bridgehead atoms. The van der Waals surface area contributed by atoms with Gasteiger partial charge in [-0.1, -0.05) is 0 Å². The molecule has 1 spiro atoms. The van der Waals surface area contributed by atoms with E-state index in [1.165, 1.54) is 25.3 Å². The molecule has 230 valence electrons. The predicted octanol–water partition coefficient (Wildman–Crippen LogP) is 3.84. The van der Waals surface area contributed by atoms with Crippen molar-refractivity contribution in [1.82, 2.24) is 30.6 Å². The molecule has 4 aromatic rings. The number of anilines is 1. The summed E-state index contributed by atoms with van der Waals surface area (Å²) in [4.78, 5) is 32.5. The zero-order valence-electron chi connectivity index (χ0n) is 23.9. The van der Waals surface area contributed by atoms with Crippen LogP contribution in [0.1, 0.15) is 41.0 Å². The Morgan fingerprint density at radius 3 is 2.68 bits per heavy atom. The molecule has 1 saturated heterocycles. The number of pyridine rings is 4. The van der Waals surface area contributed by atoms with Crippen molar-refractivity contribution in [1.29, 1.82) is 0 Å². The van der Waals surface area contributed by atoms with E-state index in [1.54, 1.807) is 18.3 Å². The fraction of sp³-hybridized carbons (Fsp3) is 0.367. The molecular formula is C30H30F3N7O3S. The molecule has 0 radical (unpaired) electrons. The third-order valence-electron chi connectivity index (χ3n) is 7.89. The Morgan fingerprint density at radius 1 is 1.09 bits per heavy atom. The molecule has 0 unspecified atom stereocenters. The molecule has 44 heavy (non-hydrogen) atoms. The molecule has 4 aromatic heterocycles. The number of amides is 1. The maximum atomic E-state index is 14.7. The molecule has 0 atom stereocenters. The Hall–Kier alpha value is -4.17. The summed E-state index contributed by atoms with van der Waals surface area (Å²) in [7, 11) is -4.05. The number of fused-ring (bicyclic) bond motifs is 1. The maximum absolute atomic E-state index is 14.7. The fourth-order valence-corrected chi connectivity index (χ4v) is 6.81. The molecule has 1 aliphatic carbocycles. The lowest BCUT2D eigenvalue weighted by Gasteiger charge is -2.35. The van der Waals surface area contributed by atoms with Crippen LogP contribution in [-0.2, 0) is 16.4 Å². The van der Waals surface area contributed by atoms with Crippen LogP contribution in [0.3, 0.4) is 0 Å². The molecule has 1 aliphatic heterocycles. The Balaban J connectivity index is 1.18. The lowest BCUT2D eigenvalue weighted by atomic mass is 10.1. The number of aryl methyl sites for hydroxylation is 1. The van der Waals surface area contributed by atoms with Crippen molar-refractivity contribution in [2.24, 2.45) is 0 Å². The smallest absolute Gasteiger partial charge is 0.253 e. The molecule has 10 nitrogen and oxygen atoms in total. The van der Waals surface area contributed by atoms with Crippen molar-refractivity contribution in [2.75, 3.05) is 30.3 Å². The first kappa shape index (κ1) is 29.9. The minimum absolute atomic E-state index is 0.00483. The summed E-state index contributed by atoms with van der Waals surface area (Å²) in [6, 6.07) is 9.21. The highest BCUT2D eigenvalue weighted by atomic mass is 32.2. The number of hydrogen-bond acceptors (Lipinski definition) is 9. The van der Waals surface area contributed by atoms with E-state index in [2.05, 4.69) is 25.5 Å². The number of rotatable bonds is 9. The minimum Gasteiger partial charge on any atom is -0.353 e. The Kier molecular flexibility index (Phi) is 7.97. The standard InChI is InChI=1S/C30H30F3N7O3S/c1-18-26(44(42,43)9-4-27(32)33)10-20(15-34-18)29(41)36-16-22-13-24-19(14-35-22)2-3-23(38-24)25-11-21(31)12-28(39-25)40-8-7-37-30(17-40)5-6-30/h2-3,10-15,27,37H,4-9,16-17H2,1H3,(H,36,41). The number of nitrogens with zero attached hydrogens (tertiary/aromatic N) is 5. The van der Waals surface area contributed by atoms with Gasteiger partial charge in [-0.3, -0.25) is 14.8 Å². The predicted molar refractivity (Wildman–Crippen MR) is 158 cm³/mol. The molecule has 0 aromatic carbocycles. The molecule has 1 saturated carbocycles. The van der Waals surface area contributed by atoms with Crippen LogP contribution < -0.4 is 15.5 Å². The first-order valence-electron chi connectivity index (χ1n) is 14.2. The summed E-state index contributed by atoms with van der Waals surface area (Å²) in [6.45, 7) is 3.76. The van der Waals surface area contributed by atoms with Crippen molar-refractivity contribution >= 4 is 32.5 Å². The molecular weight excluding hydrogens is 595 g/mol. The number of alkyl halides is 2. The molecule has 6 rings (SSSR count). The van der Waals surface area contributed by atoms with E-state index < -0.39 is 40.2 Å². The van der Waals surface area contributed by atoms with E-state index in [9.17, 15) is 26.4 Å². The second-order valence-electron chi connectivity index (χ2n) is 11.2. The molecule has 1 amide bonds. The van der Waals surface area contributed by atoms with E-state index in [0.717, 1.165) is 43.9 Å². The van der Waals surface area contributed by atoms with Crippen LogP contribution in [-0.4, -0.2) is 71.6 Å². The lowest BCUT2D eigenvalue weighted by molar-refractivity contribution is 0.0949. The normalized spacial score (nSPS) is 16.1. The van der Waals surface area contributed by atoms with Crippen LogP contribution >= 0.6 is 0 Å². The lowest BCUT2D eigenvalue weighted by Crippen LogP contribution is -2.52. The number of carbonyl (C=O) groups is 1. The van der Waals surface area contributed by atoms with Gasteiger partial charge in [-0.15, -0.1) is 0 Å². The van der Waals surface area contributed by atoms with E-state index >= 15 is 0 Å². The number of sulfone groups is 1. The number of carbonyl (C=O) groups excluding carboxylic acids is 1. The molecule has 5 heterocycles. The van der Waals surface area contributed by atoms with Crippen molar-refractivity contribution in [2.45, 2.75) is 49.6 Å². The first-order valence-corrected chi connectivity index (χ1v) is 15.8. The average molecular weight is 626 g/mol. The average Bonchev–Trinajstić information content (AvgIpc) is 3.75. The second-order valence-corrected chi connectivity index (χ2v) is 13.3. The van der Waals surface area contributed by atoms with Gasteiger partial charge in [-0.25, -0.2) is 31.6 Å². The van der Waals surface area contributed by atoms with E-state index in [0.29, 0.717) is 28.4 Å². The summed E-state index contributed by atoms with van der Waals surface area (Å²) in [6.07, 6.45) is 1.46. The monoisotopic (exact) mass is 625 g/mol. The summed E-state index contributed by atoms with van der Waals surface area (Å²) in [5.41, 5.74) is 2.14.